The van der Waals surface area contributed by atoms with Gasteiger partial charge in [-0.05, 0) is 49.4 Å². The molecule has 0 aliphatic carbocycles. The van der Waals surface area contributed by atoms with Gasteiger partial charge in [-0.15, -0.1) is 0 Å². The Bertz CT molecular complexity index is 1270. The second-order valence-electron chi connectivity index (χ2n) is 6.81. The van der Waals surface area contributed by atoms with Gasteiger partial charge in [0.05, 0.1) is 30.2 Å². The third-order valence-corrected chi connectivity index (χ3v) is 4.82. The van der Waals surface area contributed by atoms with Crippen molar-refractivity contribution in [1.82, 2.24) is 14.8 Å². The molecule has 0 radical (unpaired) electrons. The Labute approximate surface area is 173 Å². The lowest BCUT2D eigenvalue weighted by atomic mass is 10.1. The van der Waals surface area contributed by atoms with Crippen LogP contribution in [0, 0.1) is 0 Å². The summed E-state index contributed by atoms with van der Waals surface area (Å²) in [6, 6.07) is 19.1. The first-order valence-electron chi connectivity index (χ1n) is 9.45. The van der Waals surface area contributed by atoms with Gasteiger partial charge in [0.25, 0.3) is 5.56 Å². The molecule has 0 spiro atoms. The van der Waals surface area contributed by atoms with E-state index in [4.69, 9.17) is 4.74 Å². The van der Waals surface area contributed by atoms with Gasteiger partial charge in [-0.3, -0.25) is 14.6 Å². The summed E-state index contributed by atoms with van der Waals surface area (Å²) in [6.07, 6.45) is 1.59. The maximum Gasteiger partial charge on any atom is 0.267 e. The fourth-order valence-electron chi connectivity index (χ4n) is 3.12. The molecule has 0 bridgehead atoms. The van der Waals surface area contributed by atoms with Crippen LogP contribution in [-0.2, 0) is 4.79 Å². The SMILES string of the molecule is COc1ccc(-c2ccc(=O)n(C(C)C(=O)Nc3cnc4ccccc4c3)n2)cc1. The van der Waals surface area contributed by atoms with E-state index < -0.39 is 6.04 Å². The zero-order chi connectivity index (χ0) is 21.1. The molecule has 4 rings (SSSR count). The quantitative estimate of drug-likeness (QED) is 0.552. The van der Waals surface area contributed by atoms with E-state index in [1.54, 1.807) is 26.3 Å². The number of nitrogens with zero attached hydrogens (tertiary/aromatic N) is 3. The molecule has 2 aromatic carbocycles. The van der Waals surface area contributed by atoms with Crippen molar-refractivity contribution in [1.29, 1.82) is 0 Å². The van der Waals surface area contributed by atoms with Crippen LogP contribution in [0.3, 0.4) is 0 Å². The number of para-hydroxylation sites is 1. The second kappa shape index (κ2) is 8.16. The van der Waals surface area contributed by atoms with Crippen LogP contribution in [0.4, 0.5) is 5.69 Å². The molecule has 0 fully saturated rings. The van der Waals surface area contributed by atoms with Crippen LogP contribution in [-0.4, -0.2) is 27.8 Å². The van der Waals surface area contributed by atoms with Crippen LogP contribution in [0.5, 0.6) is 5.75 Å². The highest BCUT2D eigenvalue weighted by Crippen LogP contribution is 2.21. The molecule has 7 heteroatoms. The van der Waals surface area contributed by atoms with Crippen LogP contribution in [0.2, 0.25) is 0 Å². The molecular weight excluding hydrogens is 380 g/mol. The molecule has 2 aromatic heterocycles. The van der Waals surface area contributed by atoms with E-state index in [1.165, 1.54) is 10.7 Å². The van der Waals surface area contributed by atoms with Crippen LogP contribution in [0.15, 0.2) is 77.7 Å². The van der Waals surface area contributed by atoms with E-state index in [2.05, 4.69) is 15.4 Å². The summed E-state index contributed by atoms with van der Waals surface area (Å²) < 4.78 is 6.35. The molecule has 0 saturated carbocycles. The van der Waals surface area contributed by atoms with Gasteiger partial charge in [-0.2, -0.15) is 5.10 Å². The molecule has 4 aromatic rings. The summed E-state index contributed by atoms with van der Waals surface area (Å²) >= 11 is 0. The molecule has 2 heterocycles. The largest absolute Gasteiger partial charge is 0.497 e. The Kier molecular flexibility index (Phi) is 5.26. The van der Waals surface area contributed by atoms with Crippen molar-refractivity contribution in [3.63, 3.8) is 0 Å². The van der Waals surface area contributed by atoms with E-state index in [-0.39, 0.29) is 11.5 Å². The van der Waals surface area contributed by atoms with Gasteiger partial charge in [0.1, 0.15) is 11.8 Å². The first kappa shape index (κ1) is 19.3. The number of anilines is 1. The lowest BCUT2D eigenvalue weighted by Crippen LogP contribution is -2.33. The zero-order valence-electron chi connectivity index (χ0n) is 16.6. The molecule has 1 unspecified atom stereocenters. The smallest absolute Gasteiger partial charge is 0.267 e. The number of benzene rings is 2. The van der Waals surface area contributed by atoms with Gasteiger partial charge < -0.3 is 10.1 Å². The number of carbonyl (C=O) groups excluding carboxylic acids is 1. The summed E-state index contributed by atoms with van der Waals surface area (Å²) in [5.74, 6) is 0.373. The molecule has 0 saturated heterocycles. The number of rotatable bonds is 5. The van der Waals surface area contributed by atoms with Crippen molar-refractivity contribution in [3.05, 3.63) is 83.3 Å². The van der Waals surface area contributed by atoms with E-state index in [0.29, 0.717) is 11.4 Å². The number of aromatic nitrogens is 3. The predicted molar refractivity (Wildman–Crippen MR) is 116 cm³/mol. The molecule has 1 atom stereocenters. The number of ether oxygens (including phenoxy) is 1. The van der Waals surface area contributed by atoms with E-state index in [1.807, 2.05) is 54.6 Å². The minimum Gasteiger partial charge on any atom is -0.497 e. The number of fused-ring (bicyclic) bond motifs is 1. The van der Waals surface area contributed by atoms with Crippen LogP contribution >= 0.6 is 0 Å². The van der Waals surface area contributed by atoms with Crippen molar-refractivity contribution in [2.45, 2.75) is 13.0 Å². The van der Waals surface area contributed by atoms with Crippen molar-refractivity contribution in [2.24, 2.45) is 0 Å². The molecule has 0 aliphatic heterocycles. The normalized spacial score (nSPS) is 11.8. The third-order valence-electron chi connectivity index (χ3n) is 4.82. The van der Waals surface area contributed by atoms with Gasteiger partial charge in [0, 0.05) is 17.0 Å². The zero-order valence-corrected chi connectivity index (χ0v) is 16.6. The lowest BCUT2D eigenvalue weighted by molar-refractivity contribution is -0.119. The highest BCUT2D eigenvalue weighted by molar-refractivity contribution is 5.95. The predicted octanol–water partition coefficient (Wildman–Crippen LogP) is 3.67. The summed E-state index contributed by atoms with van der Waals surface area (Å²) in [5.41, 5.74) is 2.45. The number of hydrogen-bond acceptors (Lipinski definition) is 5. The molecule has 30 heavy (non-hydrogen) atoms. The van der Waals surface area contributed by atoms with Gasteiger partial charge in [-0.1, -0.05) is 18.2 Å². The third kappa shape index (κ3) is 3.91. The van der Waals surface area contributed by atoms with E-state index in [9.17, 15) is 9.59 Å². The summed E-state index contributed by atoms with van der Waals surface area (Å²) in [7, 11) is 1.60. The van der Waals surface area contributed by atoms with E-state index >= 15 is 0 Å². The fourth-order valence-corrected chi connectivity index (χ4v) is 3.12. The highest BCUT2D eigenvalue weighted by Gasteiger charge is 2.18. The molecule has 150 valence electrons. The van der Waals surface area contributed by atoms with Crippen LogP contribution in [0.25, 0.3) is 22.2 Å². The number of pyridine rings is 1. The highest BCUT2D eigenvalue weighted by atomic mass is 16.5. The Morgan fingerprint density at radius 1 is 1.07 bits per heavy atom. The molecule has 0 aliphatic rings. The van der Waals surface area contributed by atoms with Gasteiger partial charge in [0.2, 0.25) is 5.91 Å². The number of carbonyl (C=O) groups is 1. The Balaban J connectivity index is 1.58. The summed E-state index contributed by atoms with van der Waals surface area (Å²) in [4.78, 5) is 29.5. The number of methoxy groups -OCH3 is 1. The number of hydrogen-bond donors (Lipinski definition) is 1. The Morgan fingerprint density at radius 3 is 2.60 bits per heavy atom. The first-order valence-corrected chi connectivity index (χ1v) is 9.45. The maximum absolute atomic E-state index is 12.8. The minimum atomic E-state index is -0.804. The fraction of sp³-hybridized carbons (Fsp3) is 0.130. The van der Waals surface area contributed by atoms with Crippen LogP contribution < -0.4 is 15.6 Å². The summed E-state index contributed by atoms with van der Waals surface area (Å²) in [5, 5.41) is 8.13. The summed E-state index contributed by atoms with van der Waals surface area (Å²) in [6.45, 7) is 1.63. The topological polar surface area (TPSA) is 86.1 Å². The number of nitrogens with one attached hydrogen (secondary N) is 1. The Morgan fingerprint density at radius 2 is 1.83 bits per heavy atom. The number of amides is 1. The van der Waals surface area contributed by atoms with Crippen molar-refractivity contribution < 1.29 is 9.53 Å². The minimum absolute atomic E-state index is 0.353. The van der Waals surface area contributed by atoms with Gasteiger partial charge >= 0.3 is 0 Å². The van der Waals surface area contributed by atoms with Gasteiger partial charge in [0.15, 0.2) is 0 Å². The van der Waals surface area contributed by atoms with Crippen molar-refractivity contribution >= 4 is 22.5 Å². The Hall–Kier alpha value is -4.00. The average Bonchev–Trinajstić information content (AvgIpc) is 2.79. The molecular formula is C23H20N4O3. The lowest BCUT2D eigenvalue weighted by Gasteiger charge is -2.15. The van der Waals surface area contributed by atoms with Crippen LogP contribution in [0.1, 0.15) is 13.0 Å². The first-order chi connectivity index (χ1) is 14.5. The van der Waals surface area contributed by atoms with Crippen molar-refractivity contribution in [3.8, 4) is 17.0 Å². The molecule has 1 amide bonds. The standard InChI is InChI=1S/C23H20N4O3/c1-15(23(29)25-18-13-17-5-3-4-6-20(17)24-14-18)27-22(28)12-11-21(26-27)16-7-9-19(30-2)10-8-16/h3-15H,1-2H3,(H,25,29). The molecule has 7 nitrogen and oxygen atoms in total. The maximum atomic E-state index is 12.8. The monoisotopic (exact) mass is 400 g/mol. The second-order valence-corrected chi connectivity index (χ2v) is 6.81. The van der Waals surface area contributed by atoms with Gasteiger partial charge in [-0.25, -0.2) is 4.68 Å². The van der Waals surface area contributed by atoms with Crippen molar-refractivity contribution in [2.75, 3.05) is 12.4 Å². The average molecular weight is 400 g/mol. The van der Waals surface area contributed by atoms with E-state index in [0.717, 1.165) is 22.2 Å². The molecule has 1 N–H and O–H groups in total.